The van der Waals surface area contributed by atoms with Crippen molar-refractivity contribution in [1.82, 2.24) is 4.90 Å². The molecule has 4 aliphatic carbocycles. The molecule has 1 spiro atoms. The van der Waals surface area contributed by atoms with Gasteiger partial charge in [-0.25, -0.2) is 0 Å². The van der Waals surface area contributed by atoms with E-state index in [2.05, 4.69) is 38.7 Å². The minimum absolute atomic E-state index is 0.0402. The van der Waals surface area contributed by atoms with Crippen LogP contribution in [0.5, 0.6) is 0 Å². The van der Waals surface area contributed by atoms with Crippen LogP contribution in [0.2, 0.25) is 0 Å². The van der Waals surface area contributed by atoms with E-state index in [1.807, 2.05) is 0 Å². The van der Waals surface area contributed by atoms with E-state index in [9.17, 15) is 4.79 Å². The van der Waals surface area contributed by atoms with E-state index < -0.39 is 0 Å². The van der Waals surface area contributed by atoms with Crippen LogP contribution in [-0.2, 0) is 23.7 Å². The highest BCUT2D eigenvalue weighted by Gasteiger charge is 2.59. The van der Waals surface area contributed by atoms with Crippen molar-refractivity contribution in [2.24, 2.45) is 35.0 Å². The number of nitrogens with zero attached hydrogens (tertiary/aromatic N) is 1. The Morgan fingerprint density at radius 1 is 1.10 bits per heavy atom. The molecular weight excluding hydrogens is 514 g/mol. The van der Waals surface area contributed by atoms with Crippen molar-refractivity contribution >= 4 is 5.78 Å². The molecule has 0 aromatic carbocycles. The first-order valence-electron chi connectivity index (χ1n) is 16.7. The molecule has 9 atom stereocenters. The average molecular weight is 570 g/mol. The number of piperidine rings is 1. The Kier molecular flexibility index (Phi) is 8.89. The average Bonchev–Trinajstić information content (AvgIpc) is 3.40. The molecule has 41 heavy (non-hydrogen) atoms. The maximum absolute atomic E-state index is 12.3. The van der Waals surface area contributed by atoms with E-state index >= 15 is 0 Å². The summed E-state index contributed by atoms with van der Waals surface area (Å²) in [7, 11) is 1.70. The van der Waals surface area contributed by atoms with Crippen molar-refractivity contribution in [3.63, 3.8) is 0 Å². The van der Waals surface area contributed by atoms with E-state index in [0.29, 0.717) is 74.4 Å². The summed E-state index contributed by atoms with van der Waals surface area (Å²) < 4.78 is 23.8. The van der Waals surface area contributed by atoms with Gasteiger partial charge in [-0.1, -0.05) is 43.6 Å². The van der Waals surface area contributed by atoms with Gasteiger partial charge in [0, 0.05) is 45.0 Å². The van der Waals surface area contributed by atoms with Gasteiger partial charge < -0.3 is 18.9 Å². The number of fused-ring (bicyclic) bond motifs is 6. The Hall–Kier alpha value is -1.05. The lowest BCUT2D eigenvalue weighted by molar-refractivity contribution is -0.121. The molecule has 0 amide bonds. The molecule has 230 valence electrons. The fraction of sp³-hybridized carbons (Fsp3) is 0.857. The second-order valence-electron chi connectivity index (χ2n) is 14.8. The van der Waals surface area contributed by atoms with Gasteiger partial charge in [0.15, 0.2) is 0 Å². The first-order chi connectivity index (χ1) is 19.8. The van der Waals surface area contributed by atoms with Crippen molar-refractivity contribution in [3.8, 4) is 0 Å². The molecule has 0 aromatic heterocycles. The number of ketones is 1. The summed E-state index contributed by atoms with van der Waals surface area (Å²) in [5, 5.41) is 0. The predicted octanol–water partition coefficient (Wildman–Crippen LogP) is 5.99. The number of methoxy groups -OCH3 is 1. The molecule has 0 unspecified atom stereocenters. The molecule has 2 saturated carbocycles. The Labute approximate surface area is 248 Å². The van der Waals surface area contributed by atoms with Crippen LogP contribution in [0.25, 0.3) is 0 Å². The quantitative estimate of drug-likeness (QED) is 0.251. The normalized spacial score (nSPS) is 42.5. The van der Waals surface area contributed by atoms with Crippen LogP contribution in [0.15, 0.2) is 22.8 Å². The van der Waals surface area contributed by atoms with Crippen molar-refractivity contribution in [2.45, 2.75) is 103 Å². The summed E-state index contributed by atoms with van der Waals surface area (Å²) >= 11 is 0. The van der Waals surface area contributed by atoms with Crippen molar-refractivity contribution in [3.05, 3.63) is 22.8 Å². The number of ether oxygens (including phenoxy) is 4. The van der Waals surface area contributed by atoms with E-state index in [1.54, 1.807) is 18.3 Å². The number of rotatable bonds is 9. The van der Waals surface area contributed by atoms with E-state index in [4.69, 9.17) is 18.9 Å². The van der Waals surface area contributed by atoms with Gasteiger partial charge in [0.1, 0.15) is 5.78 Å². The van der Waals surface area contributed by atoms with Crippen LogP contribution in [0.1, 0.15) is 85.5 Å². The number of carbonyl (C=O) groups is 1. The van der Waals surface area contributed by atoms with E-state index in [-0.39, 0.29) is 11.0 Å². The van der Waals surface area contributed by atoms with E-state index in [1.165, 1.54) is 37.7 Å². The smallest absolute Gasteiger partial charge is 0.136 e. The lowest BCUT2D eigenvalue weighted by Crippen LogP contribution is -2.52. The molecule has 0 bridgehead atoms. The fourth-order valence-corrected chi connectivity index (χ4v) is 10.3. The zero-order valence-electron chi connectivity index (χ0n) is 26.4. The third kappa shape index (κ3) is 5.54. The molecule has 6 aliphatic rings. The second-order valence-corrected chi connectivity index (χ2v) is 14.8. The zero-order chi connectivity index (χ0) is 28.8. The summed E-state index contributed by atoms with van der Waals surface area (Å²) in [6.07, 6.45) is 12.5. The molecule has 6 heteroatoms. The minimum atomic E-state index is -0.0402. The van der Waals surface area contributed by atoms with Gasteiger partial charge in [0.25, 0.3) is 0 Å². The third-order valence-electron chi connectivity index (χ3n) is 12.4. The number of carbonyl (C=O) groups excluding carboxylic acids is 1. The number of hydrogen-bond acceptors (Lipinski definition) is 6. The molecular formula is C35H55NO5. The molecule has 4 fully saturated rings. The van der Waals surface area contributed by atoms with Crippen LogP contribution < -0.4 is 0 Å². The summed E-state index contributed by atoms with van der Waals surface area (Å²) in [6.45, 7) is 15.2. The number of Topliss-reactive ketones (excluding diaryl/α,β-unsaturated/α-hetero) is 1. The van der Waals surface area contributed by atoms with E-state index in [0.717, 1.165) is 44.9 Å². The zero-order valence-corrected chi connectivity index (χ0v) is 26.4. The van der Waals surface area contributed by atoms with Crippen LogP contribution >= 0.6 is 0 Å². The van der Waals surface area contributed by atoms with Crippen LogP contribution in [0, 0.1) is 35.0 Å². The maximum Gasteiger partial charge on any atom is 0.136 e. The second kappa shape index (κ2) is 12.1. The summed E-state index contributed by atoms with van der Waals surface area (Å²) in [4.78, 5) is 15.0. The maximum atomic E-state index is 12.3. The predicted molar refractivity (Wildman–Crippen MR) is 161 cm³/mol. The molecule has 2 saturated heterocycles. The highest BCUT2D eigenvalue weighted by Crippen LogP contribution is 2.63. The molecule has 0 N–H and O–H groups in total. The Morgan fingerprint density at radius 2 is 1.88 bits per heavy atom. The number of hydrogen-bond donors (Lipinski definition) is 0. The van der Waals surface area contributed by atoms with Gasteiger partial charge in [-0.15, -0.1) is 0 Å². The monoisotopic (exact) mass is 569 g/mol. The van der Waals surface area contributed by atoms with Gasteiger partial charge in [0.2, 0.25) is 0 Å². The Morgan fingerprint density at radius 3 is 2.68 bits per heavy atom. The Balaban J connectivity index is 1.12. The van der Waals surface area contributed by atoms with Gasteiger partial charge in [-0.3, -0.25) is 9.69 Å². The van der Waals surface area contributed by atoms with Crippen molar-refractivity contribution in [1.29, 1.82) is 0 Å². The summed E-state index contributed by atoms with van der Waals surface area (Å²) in [5.41, 5.74) is 5.05. The summed E-state index contributed by atoms with van der Waals surface area (Å²) in [6, 6.07) is 0.482. The number of allylic oxidation sites excluding steroid dienone is 3. The van der Waals surface area contributed by atoms with Crippen molar-refractivity contribution in [2.75, 3.05) is 53.2 Å². The fourth-order valence-electron chi connectivity index (χ4n) is 10.3. The first-order valence-corrected chi connectivity index (χ1v) is 16.7. The lowest BCUT2D eigenvalue weighted by Gasteiger charge is -2.47. The van der Waals surface area contributed by atoms with Crippen molar-refractivity contribution < 1.29 is 23.7 Å². The standard InChI is InChI=1S/C35H55NO5/c1-23-18-32-33(36(22-23)12-13-39-16-17-40-15-14-38-5)25(3)35(41-32)11-9-28-29-7-6-26-19-27(37)8-10-34(26,4)31(29)20-30(28)24(2)21-35/h6,23,25,28-29,31-33H,7-22H2,1-5H3/t23-,25+,28-,29-,31-,32+,33-,34-,35-/m0/s1. The lowest BCUT2D eigenvalue weighted by atomic mass is 9.57. The Bertz CT molecular complexity index is 1040. The molecule has 2 aliphatic heterocycles. The molecule has 0 aromatic rings. The highest BCUT2D eigenvalue weighted by atomic mass is 16.5. The SMILES string of the molecule is COCCOCCOCCN1C[C@@H](C)C[C@H]2O[C@]3(CC[C@@H]4C(=C(C)C3)C[C@H]3[C@H]4CC=C4CC(=O)CC[C@@]43C)[C@H](C)[C@@H]21. The van der Waals surface area contributed by atoms with Gasteiger partial charge in [-0.2, -0.15) is 0 Å². The van der Waals surface area contributed by atoms with Gasteiger partial charge in [-0.05, 0) is 81.0 Å². The van der Waals surface area contributed by atoms with Crippen LogP contribution in [-0.4, -0.2) is 81.7 Å². The largest absolute Gasteiger partial charge is 0.382 e. The number of likely N-dealkylation sites (tertiary alicyclic amines) is 1. The molecule has 6 rings (SSSR count). The summed E-state index contributed by atoms with van der Waals surface area (Å²) in [5.74, 6) is 3.76. The third-order valence-corrected chi connectivity index (χ3v) is 12.4. The highest BCUT2D eigenvalue weighted by molar-refractivity contribution is 5.82. The van der Waals surface area contributed by atoms with Crippen LogP contribution in [0.4, 0.5) is 0 Å². The minimum Gasteiger partial charge on any atom is -0.382 e. The first kappa shape index (κ1) is 30.0. The van der Waals surface area contributed by atoms with Gasteiger partial charge >= 0.3 is 0 Å². The molecule has 2 heterocycles. The topological polar surface area (TPSA) is 57.2 Å². The van der Waals surface area contributed by atoms with Crippen LogP contribution in [0.3, 0.4) is 0 Å². The molecule has 0 radical (unpaired) electrons. The molecule has 6 nitrogen and oxygen atoms in total. The van der Waals surface area contributed by atoms with Gasteiger partial charge in [0.05, 0.1) is 44.7 Å².